The van der Waals surface area contributed by atoms with Crippen LogP contribution in [0.1, 0.15) is 32.8 Å². The summed E-state index contributed by atoms with van der Waals surface area (Å²) >= 11 is 0. The Balaban J connectivity index is 2.49. The van der Waals surface area contributed by atoms with Crippen LogP contribution in [0.2, 0.25) is 0 Å². The van der Waals surface area contributed by atoms with Crippen LogP contribution in [-0.4, -0.2) is 18.1 Å². The van der Waals surface area contributed by atoms with E-state index in [1.54, 1.807) is 0 Å². The molecule has 1 aromatic carbocycles. The van der Waals surface area contributed by atoms with Gasteiger partial charge in [-0.15, -0.1) is 0 Å². The SMILES string of the molecule is CC(C)(C)NCc1cccc(OCCC(N)=O)c1. The van der Waals surface area contributed by atoms with Crippen molar-refractivity contribution in [2.45, 2.75) is 39.3 Å². The van der Waals surface area contributed by atoms with Crippen LogP contribution in [0.15, 0.2) is 24.3 Å². The van der Waals surface area contributed by atoms with Crippen LogP contribution in [0, 0.1) is 0 Å². The predicted octanol–water partition coefficient (Wildman–Crippen LogP) is 1.83. The molecule has 0 saturated heterocycles. The quantitative estimate of drug-likeness (QED) is 0.809. The third-order valence-electron chi connectivity index (χ3n) is 2.34. The summed E-state index contributed by atoms with van der Waals surface area (Å²) in [7, 11) is 0. The molecule has 0 aromatic heterocycles. The summed E-state index contributed by atoms with van der Waals surface area (Å²) in [5, 5.41) is 3.41. The molecule has 0 fully saturated rings. The summed E-state index contributed by atoms with van der Waals surface area (Å²) in [5.41, 5.74) is 6.29. The van der Waals surface area contributed by atoms with Gasteiger partial charge in [0.05, 0.1) is 13.0 Å². The molecule has 0 unspecified atom stereocenters. The van der Waals surface area contributed by atoms with E-state index >= 15 is 0 Å². The molecule has 4 nitrogen and oxygen atoms in total. The van der Waals surface area contributed by atoms with E-state index < -0.39 is 0 Å². The molecule has 0 atom stereocenters. The summed E-state index contributed by atoms with van der Waals surface area (Å²) in [6.07, 6.45) is 0.241. The number of amides is 1. The Labute approximate surface area is 109 Å². The minimum Gasteiger partial charge on any atom is -0.493 e. The number of primary amides is 1. The molecule has 0 aliphatic rings. The predicted molar refractivity (Wildman–Crippen MR) is 72.3 cm³/mol. The molecule has 1 amide bonds. The number of carbonyl (C=O) groups excluding carboxylic acids is 1. The summed E-state index contributed by atoms with van der Waals surface area (Å²) < 4.78 is 5.46. The van der Waals surface area contributed by atoms with Crippen LogP contribution in [0.5, 0.6) is 5.75 Å². The van der Waals surface area contributed by atoms with Crippen molar-refractivity contribution in [1.82, 2.24) is 5.32 Å². The summed E-state index contributed by atoms with van der Waals surface area (Å²) in [4.78, 5) is 10.6. The smallest absolute Gasteiger partial charge is 0.220 e. The van der Waals surface area contributed by atoms with Gasteiger partial charge in [0.25, 0.3) is 0 Å². The fourth-order valence-corrected chi connectivity index (χ4v) is 1.38. The van der Waals surface area contributed by atoms with Crippen LogP contribution in [0.3, 0.4) is 0 Å². The Morgan fingerprint density at radius 2 is 2.11 bits per heavy atom. The first-order chi connectivity index (χ1) is 8.37. The third kappa shape index (κ3) is 6.25. The second kappa shape index (κ2) is 6.40. The van der Waals surface area contributed by atoms with Gasteiger partial charge in [0.15, 0.2) is 0 Å². The number of hydrogen-bond acceptors (Lipinski definition) is 3. The Morgan fingerprint density at radius 1 is 1.39 bits per heavy atom. The number of carbonyl (C=O) groups is 1. The molecule has 0 aliphatic heterocycles. The summed E-state index contributed by atoms with van der Waals surface area (Å²) in [5.74, 6) is 0.421. The molecule has 0 bridgehead atoms. The van der Waals surface area contributed by atoms with Gasteiger partial charge in [-0.3, -0.25) is 4.79 Å². The first-order valence-electron chi connectivity index (χ1n) is 6.12. The highest BCUT2D eigenvalue weighted by molar-refractivity contribution is 5.73. The Morgan fingerprint density at radius 3 is 2.72 bits per heavy atom. The number of hydrogen-bond donors (Lipinski definition) is 2. The molecule has 0 radical (unpaired) electrons. The van der Waals surface area contributed by atoms with Crippen molar-refractivity contribution in [1.29, 1.82) is 0 Å². The zero-order valence-electron chi connectivity index (χ0n) is 11.3. The fraction of sp³-hybridized carbons (Fsp3) is 0.500. The summed E-state index contributed by atoms with van der Waals surface area (Å²) in [6, 6.07) is 7.83. The van der Waals surface area contributed by atoms with Gasteiger partial charge in [0.1, 0.15) is 5.75 Å². The molecular formula is C14H22N2O2. The number of nitrogens with two attached hydrogens (primary N) is 1. The van der Waals surface area contributed by atoms with Gasteiger partial charge < -0.3 is 15.8 Å². The number of rotatable bonds is 6. The van der Waals surface area contributed by atoms with Crippen molar-refractivity contribution in [2.75, 3.05) is 6.61 Å². The molecule has 0 saturated carbocycles. The van der Waals surface area contributed by atoms with Crippen molar-refractivity contribution in [2.24, 2.45) is 5.73 Å². The largest absolute Gasteiger partial charge is 0.493 e. The van der Waals surface area contributed by atoms with Crippen LogP contribution in [0.25, 0.3) is 0 Å². The van der Waals surface area contributed by atoms with E-state index in [1.165, 1.54) is 0 Å². The van der Waals surface area contributed by atoms with Crippen LogP contribution in [0.4, 0.5) is 0 Å². The van der Waals surface area contributed by atoms with Crippen molar-refractivity contribution in [3.63, 3.8) is 0 Å². The zero-order valence-corrected chi connectivity index (χ0v) is 11.3. The van der Waals surface area contributed by atoms with Gasteiger partial charge in [-0.1, -0.05) is 12.1 Å². The molecule has 18 heavy (non-hydrogen) atoms. The van der Waals surface area contributed by atoms with Gasteiger partial charge in [0.2, 0.25) is 5.91 Å². The first-order valence-corrected chi connectivity index (χ1v) is 6.12. The monoisotopic (exact) mass is 250 g/mol. The second-order valence-corrected chi connectivity index (χ2v) is 5.32. The lowest BCUT2D eigenvalue weighted by Gasteiger charge is -2.20. The normalized spacial score (nSPS) is 11.3. The van der Waals surface area contributed by atoms with E-state index in [4.69, 9.17) is 10.5 Å². The lowest BCUT2D eigenvalue weighted by molar-refractivity contribution is -0.118. The van der Waals surface area contributed by atoms with Gasteiger partial charge in [0, 0.05) is 12.1 Å². The average molecular weight is 250 g/mol. The maximum Gasteiger partial charge on any atom is 0.220 e. The first kappa shape index (κ1) is 14.5. The van der Waals surface area contributed by atoms with Gasteiger partial charge >= 0.3 is 0 Å². The topological polar surface area (TPSA) is 64.3 Å². The lowest BCUT2D eigenvalue weighted by Crippen LogP contribution is -2.35. The second-order valence-electron chi connectivity index (χ2n) is 5.32. The van der Waals surface area contributed by atoms with E-state index in [0.29, 0.717) is 6.61 Å². The lowest BCUT2D eigenvalue weighted by atomic mass is 10.1. The molecule has 1 aromatic rings. The highest BCUT2D eigenvalue weighted by atomic mass is 16.5. The standard InChI is InChI=1S/C14H22N2O2/c1-14(2,3)16-10-11-5-4-6-12(9-11)18-8-7-13(15)17/h4-6,9,16H,7-8,10H2,1-3H3,(H2,15,17). The molecular weight excluding hydrogens is 228 g/mol. The molecule has 1 rings (SSSR count). The average Bonchev–Trinajstić information content (AvgIpc) is 2.26. The van der Waals surface area contributed by atoms with Crippen molar-refractivity contribution in [3.05, 3.63) is 29.8 Å². The van der Waals surface area contributed by atoms with E-state index in [1.807, 2.05) is 24.3 Å². The molecule has 4 heteroatoms. The summed E-state index contributed by atoms with van der Waals surface area (Å²) in [6.45, 7) is 7.49. The maximum absolute atomic E-state index is 10.6. The van der Waals surface area contributed by atoms with E-state index in [0.717, 1.165) is 17.9 Å². The fourth-order valence-electron chi connectivity index (χ4n) is 1.38. The zero-order chi connectivity index (χ0) is 13.6. The maximum atomic E-state index is 10.6. The van der Waals surface area contributed by atoms with Crippen LogP contribution in [-0.2, 0) is 11.3 Å². The molecule has 100 valence electrons. The number of benzene rings is 1. The minimum atomic E-state index is -0.347. The van der Waals surface area contributed by atoms with E-state index in [2.05, 4.69) is 26.1 Å². The van der Waals surface area contributed by atoms with E-state index in [-0.39, 0.29) is 17.9 Å². The molecule has 0 aliphatic carbocycles. The van der Waals surface area contributed by atoms with Crippen molar-refractivity contribution in [3.8, 4) is 5.75 Å². The van der Waals surface area contributed by atoms with Gasteiger partial charge in [-0.2, -0.15) is 0 Å². The molecule has 3 N–H and O–H groups in total. The van der Waals surface area contributed by atoms with Crippen LogP contribution >= 0.6 is 0 Å². The van der Waals surface area contributed by atoms with Gasteiger partial charge in [-0.25, -0.2) is 0 Å². The Bertz CT molecular complexity index is 397. The number of nitrogens with one attached hydrogen (secondary N) is 1. The molecule has 0 spiro atoms. The van der Waals surface area contributed by atoms with Crippen LogP contribution < -0.4 is 15.8 Å². The number of ether oxygens (including phenoxy) is 1. The van der Waals surface area contributed by atoms with Crippen molar-refractivity contribution < 1.29 is 9.53 Å². The highest BCUT2D eigenvalue weighted by Crippen LogP contribution is 2.14. The third-order valence-corrected chi connectivity index (χ3v) is 2.34. The van der Waals surface area contributed by atoms with E-state index in [9.17, 15) is 4.79 Å². The van der Waals surface area contributed by atoms with Gasteiger partial charge in [-0.05, 0) is 38.5 Å². The highest BCUT2D eigenvalue weighted by Gasteiger charge is 2.08. The Hall–Kier alpha value is -1.55. The van der Waals surface area contributed by atoms with Crippen molar-refractivity contribution >= 4 is 5.91 Å². The molecule has 0 heterocycles. The minimum absolute atomic E-state index is 0.0861. The Kier molecular flexibility index (Phi) is 5.16.